The number of rotatable bonds is 2. The Bertz CT molecular complexity index is 881. The molecule has 1 amide bonds. The Morgan fingerprint density at radius 3 is 2.85 bits per heavy atom. The molecule has 0 aliphatic carbocycles. The second-order valence-corrected chi connectivity index (χ2v) is 6.58. The van der Waals surface area contributed by atoms with Crippen LogP contribution in [-0.2, 0) is 4.79 Å². The van der Waals surface area contributed by atoms with E-state index in [1.165, 1.54) is 12.1 Å². The standard InChI is InChI=1S/C20H19F2N3O/c21-15-5-4-14(17(22)10-15)3-1-13-2-6-18-19(9-13)25-8-7-23-12-16(25)11-20(26)24-18/h1-6,9-10,16,23H,7-8,11-12H2,(H,24,26)/b3-1+. The number of fused-ring (bicyclic) bond motifs is 3. The molecule has 4 nitrogen and oxygen atoms in total. The van der Waals surface area contributed by atoms with Crippen molar-refractivity contribution in [3.05, 3.63) is 59.2 Å². The van der Waals surface area contributed by atoms with Crippen LogP contribution in [-0.4, -0.2) is 31.6 Å². The molecule has 2 heterocycles. The number of amides is 1. The van der Waals surface area contributed by atoms with E-state index in [4.69, 9.17) is 0 Å². The van der Waals surface area contributed by atoms with Gasteiger partial charge in [0.1, 0.15) is 11.6 Å². The molecule has 1 unspecified atom stereocenters. The Balaban J connectivity index is 1.66. The summed E-state index contributed by atoms with van der Waals surface area (Å²) < 4.78 is 26.8. The summed E-state index contributed by atoms with van der Waals surface area (Å²) in [6.07, 6.45) is 3.87. The first-order chi connectivity index (χ1) is 12.6. The molecule has 134 valence electrons. The first kappa shape index (κ1) is 16.7. The van der Waals surface area contributed by atoms with E-state index in [2.05, 4.69) is 15.5 Å². The van der Waals surface area contributed by atoms with Gasteiger partial charge in [-0.05, 0) is 29.8 Å². The van der Waals surface area contributed by atoms with Crippen LogP contribution in [0.15, 0.2) is 36.4 Å². The third-order valence-electron chi connectivity index (χ3n) is 4.79. The molecule has 2 N–H and O–H groups in total. The Morgan fingerprint density at radius 2 is 2.00 bits per heavy atom. The molecule has 1 atom stereocenters. The number of nitrogens with one attached hydrogen (secondary N) is 2. The van der Waals surface area contributed by atoms with Crippen LogP contribution in [0.4, 0.5) is 20.2 Å². The van der Waals surface area contributed by atoms with Gasteiger partial charge in [-0.25, -0.2) is 8.78 Å². The van der Waals surface area contributed by atoms with Gasteiger partial charge in [0.25, 0.3) is 0 Å². The lowest BCUT2D eigenvalue weighted by Crippen LogP contribution is -2.51. The smallest absolute Gasteiger partial charge is 0.226 e. The van der Waals surface area contributed by atoms with E-state index in [9.17, 15) is 13.6 Å². The first-order valence-corrected chi connectivity index (χ1v) is 8.64. The number of carbonyl (C=O) groups excluding carboxylic acids is 1. The highest BCUT2D eigenvalue weighted by atomic mass is 19.1. The largest absolute Gasteiger partial charge is 0.364 e. The minimum atomic E-state index is -0.592. The third-order valence-corrected chi connectivity index (χ3v) is 4.79. The van der Waals surface area contributed by atoms with E-state index in [0.29, 0.717) is 12.0 Å². The summed E-state index contributed by atoms with van der Waals surface area (Å²) in [6.45, 7) is 2.46. The molecule has 2 aromatic carbocycles. The van der Waals surface area contributed by atoms with Gasteiger partial charge in [-0.15, -0.1) is 0 Å². The molecule has 1 fully saturated rings. The van der Waals surface area contributed by atoms with Crippen molar-refractivity contribution in [1.82, 2.24) is 5.32 Å². The highest BCUT2D eigenvalue weighted by molar-refractivity contribution is 5.97. The molecule has 0 aromatic heterocycles. The van der Waals surface area contributed by atoms with Gasteiger partial charge in [-0.1, -0.05) is 18.2 Å². The Hall–Kier alpha value is -2.73. The number of hydrogen-bond donors (Lipinski definition) is 2. The van der Waals surface area contributed by atoms with Crippen LogP contribution in [0.1, 0.15) is 17.5 Å². The summed E-state index contributed by atoms with van der Waals surface area (Å²) >= 11 is 0. The zero-order chi connectivity index (χ0) is 18.1. The minimum Gasteiger partial charge on any atom is -0.364 e. The van der Waals surface area contributed by atoms with E-state index in [1.807, 2.05) is 18.2 Å². The molecule has 1 saturated heterocycles. The molecule has 0 radical (unpaired) electrons. The van der Waals surface area contributed by atoms with Crippen molar-refractivity contribution in [2.45, 2.75) is 12.5 Å². The highest BCUT2D eigenvalue weighted by Crippen LogP contribution is 2.33. The Morgan fingerprint density at radius 1 is 1.12 bits per heavy atom. The summed E-state index contributed by atoms with van der Waals surface area (Å²) in [4.78, 5) is 14.4. The fourth-order valence-corrected chi connectivity index (χ4v) is 3.49. The number of nitrogens with zero attached hydrogens (tertiary/aromatic N) is 1. The van der Waals surface area contributed by atoms with E-state index >= 15 is 0 Å². The van der Waals surface area contributed by atoms with Gasteiger partial charge >= 0.3 is 0 Å². The van der Waals surface area contributed by atoms with Gasteiger partial charge in [0, 0.05) is 37.7 Å². The maximum absolute atomic E-state index is 13.8. The topological polar surface area (TPSA) is 44.4 Å². The zero-order valence-electron chi connectivity index (χ0n) is 14.1. The second-order valence-electron chi connectivity index (χ2n) is 6.58. The van der Waals surface area contributed by atoms with Crippen molar-refractivity contribution in [2.75, 3.05) is 29.9 Å². The molecule has 6 heteroatoms. The van der Waals surface area contributed by atoms with Crippen molar-refractivity contribution in [1.29, 1.82) is 0 Å². The first-order valence-electron chi connectivity index (χ1n) is 8.64. The summed E-state index contributed by atoms with van der Waals surface area (Å²) in [5, 5.41) is 6.29. The van der Waals surface area contributed by atoms with E-state index < -0.39 is 11.6 Å². The lowest BCUT2D eigenvalue weighted by Gasteiger charge is -2.36. The summed E-state index contributed by atoms with van der Waals surface area (Å²) in [5.41, 5.74) is 2.99. The normalized spacial score (nSPS) is 19.7. The van der Waals surface area contributed by atoms with Crippen molar-refractivity contribution >= 4 is 29.4 Å². The summed E-state index contributed by atoms with van der Waals surface area (Å²) in [7, 11) is 0. The van der Waals surface area contributed by atoms with Gasteiger partial charge in [-0.2, -0.15) is 0 Å². The number of halogens is 2. The Kier molecular flexibility index (Phi) is 4.42. The zero-order valence-corrected chi connectivity index (χ0v) is 14.1. The lowest BCUT2D eigenvalue weighted by atomic mass is 10.1. The van der Waals surface area contributed by atoms with Crippen LogP contribution in [0.3, 0.4) is 0 Å². The van der Waals surface area contributed by atoms with Gasteiger partial charge < -0.3 is 15.5 Å². The van der Waals surface area contributed by atoms with Crippen LogP contribution in [0.2, 0.25) is 0 Å². The SMILES string of the molecule is O=C1CC2CNCCN2c2cc(/C=C/c3ccc(F)cc3F)ccc2N1. The number of anilines is 2. The van der Waals surface area contributed by atoms with Gasteiger partial charge in [-0.3, -0.25) is 4.79 Å². The van der Waals surface area contributed by atoms with Gasteiger partial charge in [0.05, 0.1) is 17.4 Å². The average molecular weight is 355 g/mol. The molecular weight excluding hydrogens is 336 g/mol. The predicted octanol–water partition coefficient (Wildman–Crippen LogP) is 3.26. The second kappa shape index (κ2) is 6.88. The van der Waals surface area contributed by atoms with E-state index in [1.54, 1.807) is 12.2 Å². The number of piperazine rings is 1. The van der Waals surface area contributed by atoms with Crippen molar-refractivity contribution in [3.8, 4) is 0 Å². The fourth-order valence-electron chi connectivity index (χ4n) is 3.49. The monoisotopic (exact) mass is 355 g/mol. The fraction of sp³-hybridized carbons (Fsp3) is 0.250. The molecular formula is C20H19F2N3O. The molecule has 2 aliphatic rings. The lowest BCUT2D eigenvalue weighted by molar-refractivity contribution is -0.116. The van der Waals surface area contributed by atoms with Crippen LogP contribution in [0.5, 0.6) is 0 Å². The maximum atomic E-state index is 13.8. The van der Waals surface area contributed by atoms with E-state index in [0.717, 1.165) is 42.6 Å². The molecule has 2 aromatic rings. The Labute approximate surface area is 150 Å². The molecule has 0 saturated carbocycles. The molecule has 26 heavy (non-hydrogen) atoms. The van der Waals surface area contributed by atoms with Gasteiger partial charge in [0.2, 0.25) is 5.91 Å². The maximum Gasteiger partial charge on any atom is 0.226 e. The summed E-state index contributed by atoms with van der Waals surface area (Å²) in [5.74, 6) is -1.17. The highest BCUT2D eigenvalue weighted by Gasteiger charge is 2.29. The summed E-state index contributed by atoms with van der Waals surface area (Å²) in [6, 6.07) is 9.39. The van der Waals surface area contributed by atoms with Crippen LogP contribution in [0, 0.1) is 11.6 Å². The third kappa shape index (κ3) is 3.32. The quantitative estimate of drug-likeness (QED) is 0.813. The minimum absolute atomic E-state index is 0.0131. The van der Waals surface area contributed by atoms with Crippen LogP contribution < -0.4 is 15.5 Å². The number of benzene rings is 2. The van der Waals surface area contributed by atoms with Crippen LogP contribution in [0.25, 0.3) is 12.2 Å². The van der Waals surface area contributed by atoms with Crippen molar-refractivity contribution in [3.63, 3.8) is 0 Å². The van der Waals surface area contributed by atoms with Gasteiger partial charge in [0.15, 0.2) is 0 Å². The molecule has 2 aliphatic heterocycles. The molecule has 4 rings (SSSR count). The predicted molar refractivity (Wildman–Crippen MR) is 99.0 cm³/mol. The van der Waals surface area contributed by atoms with Crippen molar-refractivity contribution < 1.29 is 13.6 Å². The number of carbonyl (C=O) groups is 1. The van der Waals surface area contributed by atoms with Crippen molar-refractivity contribution in [2.24, 2.45) is 0 Å². The van der Waals surface area contributed by atoms with E-state index in [-0.39, 0.29) is 11.9 Å². The van der Waals surface area contributed by atoms with Crippen LogP contribution >= 0.6 is 0 Å². The average Bonchev–Trinajstić information content (AvgIpc) is 2.76. The molecule has 0 bridgehead atoms. The number of hydrogen-bond acceptors (Lipinski definition) is 3. The molecule has 0 spiro atoms.